The summed E-state index contributed by atoms with van der Waals surface area (Å²) in [6.45, 7) is 3.99. The second-order valence-electron chi connectivity index (χ2n) is 4.53. The Kier molecular flexibility index (Phi) is 4.05. The van der Waals surface area contributed by atoms with Gasteiger partial charge in [-0.05, 0) is 37.1 Å². The maximum absolute atomic E-state index is 11.9. The summed E-state index contributed by atoms with van der Waals surface area (Å²) in [5.41, 5.74) is 4.66. The van der Waals surface area contributed by atoms with E-state index in [1.165, 1.54) is 12.7 Å². The van der Waals surface area contributed by atoms with Crippen LogP contribution in [0.3, 0.4) is 0 Å². The number of carbonyl (C=O) groups excluding carboxylic acids is 1. The summed E-state index contributed by atoms with van der Waals surface area (Å²) < 4.78 is 5.77. The largest absolute Gasteiger partial charge is 0.465 e. The van der Waals surface area contributed by atoms with Crippen molar-refractivity contribution < 1.29 is 9.53 Å². The van der Waals surface area contributed by atoms with E-state index >= 15 is 0 Å². The minimum absolute atomic E-state index is 0.319. The van der Waals surface area contributed by atoms with Gasteiger partial charge in [0.15, 0.2) is 0 Å². The summed E-state index contributed by atoms with van der Waals surface area (Å²) in [6.07, 6.45) is 0. The normalized spacial score (nSPS) is 10.3. The third kappa shape index (κ3) is 2.87. The van der Waals surface area contributed by atoms with Crippen molar-refractivity contribution in [3.05, 3.63) is 57.6 Å². The maximum atomic E-state index is 11.9. The molecule has 0 fully saturated rings. The summed E-state index contributed by atoms with van der Waals surface area (Å²) in [6, 6.07) is 11.9. The fraction of sp³-hybridized carbons (Fsp3) is 0.188. The molecule has 2 aromatic rings. The van der Waals surface area contributed by atoms with Crippen molar-refractivity contribution in [1.82, 2.24) is 0 Å². The van der Waals surface area contributed by atoms with Crippen molar-refractivity contribution in [2.24, 2.45) is 0 Å². The van der Waals surface area contributed by atoms with E-state index in [-0.39, 0.29) is 5.97 Å². The molecule has 98 valence electrons. The number of esters is 1. The lowest BCUT2D eigenvalue weighted by atomic mass is 9.97. The summed E-state index contributed by atoms with van der Waals surface area (Å²) in [4.78, 5) is 11.9. The van der Waals surface area contributed by atoms with Crippen molar-refractivity contribution in [2.45, 2.75) is 13.8 Å². The summed E-state index contributed by atoms with van der Waals surface area (Å²) >= 11 is 3.54. The molecule has 0 aliphatic heterocycles. The van der Waals surface area contributed by atoms with Gasteiger partial charge in [0.2, 0.25) is 0 Å². The highest BCUT2D eigenvalue weighted by molar-refractivity contribution is 9.10. The first kappa shape index (κ1) is 13.8. The fourth-order valence-electron chi connectivity index (χ4n) is 2.03. The monoisotopic (exact) mass is 318 g/mol. The average Bonchev–Trinajstić information content (AvgIpc) is 2.38. The Morgan fingerprint density at radius 3 is 2.26 bits per heavy atom. The van der Waals surface area contributed by atoms with Gasteiger partial charge < -0.3 is 4.74 Å². The van der Waals surface area contributed by atoms with Crippen LogP contribution in [0.25, 0.3) is 11.1 Å². The number of hydrogen-bond donors (Lipinski definition) is 0. The molecule has 0 saturated heterocycles. The third-order valence-corrected chi connectivity index (χ3v) is 3.61. The summed E-state index contributed by atoms with van der Waals surface area (Å²) in [5, 5.41) is 0. The Hall–Kier alpha value is -1.61. The average molecular weight is 319 g/mol. The number of rotatable bonds is 2. The highest BCUT2D eigenvalue weighted by Gasteiger charge is 2.16. The van der Waals surface area contributed by atoms with Gasteiger partial charge in [-0.3, -0.25) is 0 Å². The van der Waals surface area contributed by atoms with Gasteiger partial charge >= 0.3 is 5.97 Å². The van der Waals surface area contributed by atoms with E-state index in [1.54, 1.807) is 0 Å². The van der Waals surface area contributed by atoms with Crippen molar-refractivity contribution in [2.75, 3.05) is 7.11 Å². The van der Waals surface area contributed by atoms with Crippen LogP contribution in [0, 0.1) is 13.8 Å². The van der Waals surface area contributed by atoms with Crippen LogP contribution in [-0.2, 0) is 4.74 Å². The smallest absolute Gasteiger partial charge is 0.338 e. The van der Waals surface area contributed by atoms with Crippen LogP contribution in [0.15, 0.2) is 40.9 Å². The molecule has 0 heterocycles. The van der Waals surface area contributed by atoms with Crippen LogP contribution >= 0.6 is 15.9 Å². The standard InChI is InChI=1S/C16H15BrO2/c1-10-4-6-12(7-5-10)15-13(16(18)19-3)8-11(2)9-14(15)17/h4-9H,1-3H3. The van der Waals surface area contributed by atoms with Crippen LogP contribution in [0.4, 0.5) is 0 Å². The molecule has 2 aromatic carbocycles. The molecule has 0 aromatic heterocycles. The molecule has 0 N–H and O–H groups in total. The fourth-order valence-corrected chi connectivity index (χ4v) is 2.83. The molecule has 0 bridgehead atoms. The molecule has 0 aliphatic rings. The van der Waals surface area contributed by atoms with Crippen molar-refractivity contribution in [1.29, 1.82) is 0 Å². The lowest BCUT2D eigenvalue weighted by Crippen LogP contribution is -2.04. The summed E-state index contributed by atoms with van der Waals surface area (Å²) in [5.74, 6) is -0.319. The van der Waals surface area contributed by atoms with Crippen LogP contribution in [0.5, 0.6) is 0 Å². The van der Waals surface area contributed by atoms with Gasteiger partial charge in [0.05, 0.1) is 12.7 Å². The van der Waals surface area contributed by atoms with E-state index < -0.39 is 0 Å². The lowest BCUT2D eigenvalue weighted by Gasteiger charge is -2.12. The second-order valence-corrected chi connectivity index (χ2v) is 5.38. The zero-order valence-electron chi connectivity index (χ0n) is 11.2. The van der Waals surface area contributed by atoms with E-state index in [0.717, 1.165) is 21.2 Å². The molecular formula is C16H15BrO2. The maximum Gasteiger partial charge on any atom is 0.338 e. The molecule has 0 saturated carbocycles. The van der Waals surface area contributed by atoms with Crippen molar-refractivity contribution in [3.8, 4) is 11.1 Å². The quantitative estimate of drug-likeness (QED) is 0.761. The predicted octanol–water partition coefficient (Wildman–Crippen LogP) is 4.52. The first-order valence-electron chi connectivity index (χ1n) is 5.98. The third-order valence-electron chi connectivity index (χ3n) is 2.98. The van der Waals surface area contributed by atoms with Crippen LogP contribution in [0.2, 0.25) is 0 Å². The van der Waals surface area contributed by atoms with Gasteiger partial charge in [0.25, 0.3) is 0 Å². The van der Waals surface area contributed by atoms with Gasteiger partial charge in [-0.2, -0.15) is 0 Å². The zero-order valence-corrected chi connectivity index (χ0v) is 12.7. The molecule has 0 atom stereocenters. The van der Waals surface area contributed by atoms with Gasteiger partial charge in [0, 0.05) is 10.0 Å². The molecule has 19 heavy (non-hydrogen) atoms. The molecule has 0 amide bonds. The van der Waals surface area contributed by atoms with Crippen LogP contribution < -0.4 is 0 Å². The van der Waals surface area contributed by atoms with Gasteiger partial charge in [-0.15, -0.1) is 0 Å². The molecule has 2 nitrogen and oxygen atoms in total. The Morgan fingerprint density at radius 2 is 1.68 bits per heavy atom. The van der Waals surface area contributed by atoms with Crippen LogP contribution in [-0.4, -0.2) is 13.1 Å². The first-order valence-corrected chi connectivity index (χ1v) is 6.77. The molecule has 0 radical (unpaired) electrons. The molecule has 0 unspecified atom stereocenters. The van der Waals surface area contributed by atoms with Gasteiger partial charge in [-0.1, -0.05) is 45.8 Å². The lowest BCUT2D eigenvalue weighted by molar-refractivity contribution is 0.0601. The number of aryl methyl sites for hydroxylation is 2. The minimum Gasteiger partial charge on any atom is -0.465 e. The highest BCUT2D eigenvalue weighted by Crippen LogP contribution is 2.33. The van der Waals surface area contributed by atoms with Gasteiger partial charge in [-0.25, -0.2) is 4.79 Å². The van der Waals surface area contributed by atoms with E-state index in [4.69, 9.17) is 4.74 Å². The van der Waals surface area contributed by atoms with Crippen molar-refractivity contribution >= 4 is 21.9 Å². The molecule has 0 spiro atoms. The Labute approximate surface area is 121 Å². The number of methoxy groups -OCH3 is 1. The van der Waals surface area contributed by atoms with E-state index in [2.05, 4.69) is 15.9 Å². The molecule has 2 rings (SSSR count). The number of halogens is 1. The highest BCUT2D eigenvalue weighted by atomic mass is 79.9. The molecular weight excluding hydrogens is 304 g/mol. The minimum atomic E-state index is -0.319. The van der Waals surface area contributed by atoms with Crippen molar-refractivity contribution in [3.63, 3.8) is 0 Å². The predicted molar refractivity (Wildman–Crippen MR) is 80.4 cm³/mol. The summed E-state index contributed by atoms with van der Waals surface area (Å²) in [7, 11) is 1.40. The topological polar surface area (TPSA) is 26.3 Å². The van der Waals surface area contributed by atoms with E-state index in [9.17, 15) is 4.79 Å². The SMILES string of the molecule is COC(=O)c1cc(C)cc(Br)c1-c1ccc(C)cc1. The second kappa shape index (κ2) is 5.57. The first-order chi connectivity index (χ1) is 9.02. The van der Waals surface area contributed by atoms with Gasteiger partial charge in [0.1, 0.15) is 0 Å². The van der Waals surface area contributed by atoms with E-state index in [0.29, 0.717) is 5.56 Å². The number of ether oxygens (including phenoxy) is 1. The molecule has 0 aliphatic carbocycles. The zero-order chi connectivity index (χ0) is 14.0. The number of carbonyl (C=O) groups is 1. The molecule has 3 heteroatoms. The Balaban J connectivity index is 2.67. The van der Waals surface area contributed by atoms with E-state index in [1.807, 2.05) is 50.2 Å². The number of benzene rings is 2. The Bertz CT molecular complexity index is 615. The Morgan fingerprint density at radius 1 is 1.05 bits per heavy atom. The number of hydrogen-bond acceptors (Lipinski definition) is 2. The van der Waals surface area contributed by atoms with Crippen LogP contribution in [0.1, 0.15) is 21.5 Å².